The Labute approximate surface area is 210 Å². The molecule has 0 radical (unpaired) electrons. The van der Waals surface area contributed by atoms with Crippen LogP contribution in [-0.2, 0) is 37.3 Å². The fourth-order valence-electron chi connectivity index (χ4n) is 4.32. The highest BCUT2D eigenvalue weighted by molar-refractivity contribution is 5.89. The third-order valence-corrected chi connectivity index (χ3v) is 6.01. The van der Waals surface area contributed by atoms with Crippen molar-refractivity contribution in [3.05, 3.63) is 70.5 Å². The van der Waals surface area contributed by atoms with E-state index in [1.165, 1.54) is 14.2 Å². The maximum Gasteiger partial charge on any atom is 0.337 e. The molecule has 0 spiro atoms. The Kier molecular flexibility index (Phi) is 8.94. The minimum Gasteiger partial charge on any atom is -0.469 e. The second kappa shape index (κ2) is 12.1. The summed E-state index contributed by atoms with van der Waals surface area (Å²) in [6.07, 6.45) is 2.23. The second-order valence-corrected chi connectivity index (χ2v) is 8.26. The first-order valence-electron chi connectivity index (χ1n) is 11.7. The number of aryl methyl sites for hydroxylation is 2. The average molecular weight is 494 g/mol. The third kappa shape index (κ3) is 5.97. The zero-order valence-electron chi connectivity index (χ0n) is 21.2. The van der Waals surface area contributed by atoms with Crippen molar-refractivity contribution in [2.75, 3.05) is 20.8 Å². The molecule has 9 nitrogen and oxygen atoms in total. The van der Waals surface area contributed by atoms with Gasteiger partial charge in [0, 0.05) is 31.1 Å². The van der Waals surface area contributed by atoms with Crippen molar-refractivity contribution in [3.8, 4) is 11.4 Å². The quantitative estimate of drug-likeness (QED) is 0.310. The van der Waals surface area contributed by atoms with Crippen molar-refractivity contribution in [2.45, 2.75) is 39.0 Å². The number of aromatic nitrogens is 3. The highest BCUT2D eigenvalue weighted by Crippen LogP contribution is 2.39. The number of carbonyl (C=O) groups is 3. The molecule has 2 aromatic heterocycles. The Morgan fingerprint density at radius 1 is 1.06 bits per heavy atom. The van der Waals surface area contributed by atoms with Crippen molar-refractivity contribution in [1.29, 1.82) is 0 Å². The van der Waals surface area contributed by atoms with Gasteiger partial charge < -0.3 is 14.2 Å². The third-order valence-electron chi connectivity index (χ3n) is 6.01. The summed E-state index contributed by atoms with van der Waals surface area (Å²) < 4.78 is 16.7. The van der Waals surface area contributed by atoms with E-state index in [1.54, 1.807) is 37.0 Å². The van der Waals surface area contributed by atoms with Gasteiger partial charge in [-0.15, -0.1) is 0 Å². The number of nitrogens with zero attached hydrogens (tertiary/aromatic N) is 3. The molecule has 3 aromatic rings. The van der Waals surface area contributed by atoms with E-state index in [0.29, 0.717) is 29.1 Å². The van der Waals surface area contributed by atoms with Gasteiger partial charge in [-0.1, -0.05) is 12.1 Å². The fourth-order valence-corrected chi connectivity index (χ4v) is 4.32. The molecular formula is C27H31N3O6. The summed E-state index contributed by atoms with van der Waals surface area (Å²) in [7, 11) is 4.46. The normalized spacial score (nSPS) is 11.6. The predicted octanol–water partition coefficient (Wildman–Crippen LogP) is 3.77. The van der Waals surface area contributed by atoms with Crippen LogP contribution in [0.4, 0.5) is 0 Å². The molecule has 0 N–H and O–H groups in total. The lowest BCUT2D eigenvalue weighted by atomic mass is 9.82. The average Bonchev–Trinajstić information content (AvgIpc) is 3.20. The maximum absolute atomic E-state index is 12.5. The number of hydrogen-bond donors (Lipinski definition) is 0. The van der Waals surface area contributed by atoms with Gasteiger partial charge in [-0.05, 0) is 55.7 Å². The molecule has 0 aliphatic carbocycles. The first-order valence-corrected chi connectivity index (χ1v) is 11.7. The van der Waals surface area contributed by atoms with Crippen molar-refractivity contribution in [3.63, 3.8) is 0 Å². The molecule has 1 atom stereocenters. The van der Waals surface area contributed by atoms with Gasteiger partial charge in [0.05, 0.1) is 44.2 Å². The van der Waals surface area contributed by atoms with E-state index in [9.17, 15) is 14.4 Å². The summed E-state index contributed by atoms with van der Waals surface area (Å²) >= 11 is 0. The molecule has 0 saturated heterocycles. The Morgan fingerprint density at radius 3 is 2.44 bits per heavy atom. The molecule has 0 bridgehead atoms. The van der Waals surface area contributed by atoms with Crippen molar-refractivity contribution in [1.82, 2.24) is 14.8 Å². The van der Waals surface area contributed by atoms with Crippen LogP contribution in [-0.4, -0.2) is 53.5 Å². The van der Waals surface area contributed by atoms with Crippen LogP contribution in [0.1, 0.15) is 58.4 Å². The van der Waals surface area contributed by atoms with Crippen LogP contribution in [0.25, 0.3) is 11.4 Å². The van der Waals surface area contributed by atoms with E-state index in [-0.39, 0.29) is 37.3 Å². The van der Waals surface area contributed by atoms with Crippen molar-refractivity contribution >= 4 is 17.9 Å². The van der Waals surface area contributed by atoms with E-state index in [4.69, 9.17) is 19.3 Å². The van der Waals surface area contributed by atoms with Gasteiger partial charge in [0.15, 0.2) is 0 Å². The van der Waals surface area contributed by atoms with Crippen LogP contribution in [0.5, 0.6) is 0 Å². The molecule has 36 heavy (non-hydrogen) atoms. The number of carbonyl (C=O) groups excluding carboxylic acids is 3. The number of rotatable bonds is 10. The number of methoxy groups -OCH3 is 2. The molecule has 0 saturated carbocycles. The monoisotopic (exact) mass is 493 g/mol. The van der Waals surface area contributed by atoms with E-state index < -0.39 is 5.97 Å². The van der Waals surface area contributed by atoms with Crippen LogP contribution in [0.15, 0.2) is 42.6 Å². The van der Waals surface area contributed by atoms with Gasteiger partial charge in [-0.2, -0.15) is 5.10 Å². The highest BCUT2D eigenvalue weighted by Gasteiger charge is 2.30. The fraction of sp³-hybridized carbons (Fsp3) is 0.370. The van der Waals surface area contributed by atoms with Gasteiger partial charge in [0.2, 0.25) is 0 Å². The standard InChI is InChI=1S/C27H31N3O6/c1-6-36-24(32)16-22-25(26(29-30(22)3)21-9-7-8-14-28-21)20(12-13-23(31)34-4)19-11-10-18(15-17(19)2)27(33)35-5/h7-11,14-15,20H,6,12-13,16H2,1-5H3. The Balaban J connectivity index is 2.23. The van der Waals surface area contributed by atoms with Gasteiger partial charge in [0.1, 0.15) is 5.69 Å². The smallest absolute Gasteiger partial charge is 0.337 e. The van der Waals surface area contributed by atoms with Crippen LogP contribution < -0.4 is 0 Å². The first kappa shape index (κ1) is 26.6. The minimum atomic E-state index is -0.436. The molecule has 1 aromatic carbocycles. The molecule has 0 amide bonds. The molecule has 0 fully saturated rings. The molecule has 190 valence electrons. The lowest BCUT2D eigenvalue weighted by Crippen LogP contribution is -2.16. The summed E-state index contributed by atoms with van der Waals surface area (Å²) in [5, 5.41) is 4.73. The van der Waals surface area contributed by atoms with Gasteiger partial charge in [-0.3, -0.25) is 19.3 Å². The van der Waals surface area contributed by atoms with Crippen LogP contribution in [0, 0.1) is 6.92 Å². The predicted molar refractivity (Wildman–Crippen MR) is 132 cm³/mol. The highest BCUT2D eigenvalue weighted by atomic mass is 16.5. The molecule has 9 heteroatoms. The lowest BCUT2D eigenvalue weighted by molar-refractivity contribution is -0.142. The summed E-state index contributed by atoms with van der Waals surface area (Å²) in [5.74, 6) is -1.50. The maximum atomic E-state index is 12.5. The SMILES string of the molecule is CCOC(=O)Cc1c(C(CCC(=O)OC)c2ccc(C(=O)OC)cc2C)c(-c2ccccn2)nn1C. The van der Waals surface area contributed by atoms with Crippen LogP contribution >= 0.6 is 0 Å². The van der Waals surface area contributed by atoms with E-state index in [1.807, 2.05) is 31.2 Å². The second-order valence-electron chi connectivity index (χ2n) is 8.26. The number of esters is 3. The summed E-state index contributed by atoms with van der Waals surface area (Å²) in [6.45, 7) is 3.92. The molecule has 1 unspecified atom stereocenters. The van der Waals surface area contributed by atoms with E-state index >= 15 is 0 Å². The Morgan fingerprint density at radius 2 is 1.83 bits per heavy atom. The first-order chi connectivity index (χ1) is 17.3. The number of benzene rings is 1. The summed E-state index contributed by atoms with van der Waals surface area (Å²) in [4.78, 5) is 41.3. The van der Waals surface area contributed by atoms with E-state index in [0.717, 1.165) is 16.7 Å². The molecular weight excluding hydrogens is 462 g/mol. The molecule has 2 heterocycles. The van der Waals surface area contributed by atoms with Crippen molar-refractivity contribution < 1.29 is 28.6 Å². The topological polar surface area (TPSA) is 110 Å². The molecule has 3 rings (SSSR count). The summed E-state index contributed by atoms with van der Waals surface area (Å²) in [5.41, 5.74) is 4.86. The zero-order valence-corrected chi connectivity index (χ0v) is 21.2. The summed E-state index contributed by atoms with van der Waals surface area (Å²) in [6, 6.07) is 10.8. The number of pyridine rings is 1. The Bertz CT molecular complexity index is 1240. The van der Waals surface area contributed by atoms with Crippen molar-refractivity contribution in [2.24, 2.45) is 7.05 Å². The van der Waals surface area contributed by atoms with Crippen LogP contribution in [0.2, 0.25) is 0 Å². The number of hydrogen-bond acceptors (Lipinski definition) is 8. The zero-order chi connectivity index (χ0) is 26.2. The van der Waals surface area contributed by atoms with Gasteiger partial charge in [0.25, 0.3) is 0 Å². The number of ether oxygens (including phenoxy) is 3. The lowest BCUT2D eigenvalue weighted by Gasteiger charge is -2.22. The molecule has 0 aliphatic heterocycles. The largest absolute Gasteiger partial charge is 0.469 e. The van der Waals surface area contributed by atoms with Gasteiger partial charge >= 0.3 is 17.9 Å². The van der Waals surface area contributed by atoms with Gasteiger partial charge in [-0.25, -0.2) is 4.79 Å². The van der Waals surface area contributed by atoms with Crippen LogP contribution in [0.3, 0.4) is 0 Å². The van der Waals surface area contributed by atoms with E-state index in [2.05, 4.69) is 4.98 Å². The molecule has 0 aliphatic rings. The Hall–Kier alpha value is -4.01. The minimum absolute atomic E-state index is 0.00746.